The van der Waals surface area contributed by atoms with E-state index in [1.807, 2.05) is 0 Å². The van der Waals surface area contributed by atoms with E-state index < -0.39 is 11.3 Å². The van der Waals surface area contributed by atoms with Crippen LogP contribution in [0.3, 0.4) is 0 Å². The highest BCUT2D eigenvalue weighted by molar-refractivity contribution is 6.29. The summed E-state index contributed by atoms with van der Waals surface area (Å²) in [6, 6.07) is 0. The maximum Gasteiger partial charge on any atom is 0.321 e. The Hall–Kier alpha value is -0.240. The largest absolute Gasteiger partial charge is 0.480 e. The van der Waals surface area contributed by atoms with Gasteiger partial charge in [-0.1, -0.05) is 26.2 Å². The number of hydrogen-bond acceptors (Lipinski definition) is 1. The minimum atomic E-state index is -0.905. The minimum absolute atomic E-state index is 0.588. The van der Waals surface area contributed by atoms with Gasteiger partial charge in [-0.25, -0.2) is 0 Å². The van der Waals surface area contributed by atoms with Gasteiger partial charge in [-0.05, 0) is 6.42 Å². The molecule has 0 aliphatic carbocycles. The molecule has 0 fully saturated rings. The standard InChI is InChI=1S/C7H13ClO2/c1-2-3-4-5-6(8)7(9)10/h6H,2-5H2,1H3,(H,9,10)/t6-/m1/s1. The molecule has 3 heteroatoms. The van der Waals surface area contributed by atoms with Crippen LogP contribution in [0.2, 0.25) is 0 Å². The van der Waals surface area contributed by atoms with Crippen LogP contribution in [0.25, 0.3) is 0 Å². The van der Waals surface area contributed by atoms with Crippen molar-refractivity contribution in [2.24, 2.45) is 0 Å². The van der Waals surface area contributed by atoms with E-state index in [4.69, 9.17) is 16.7 Å². The second kappa shape index (κ2) is 5.54. The van der Waals surface area contributed by atoms with Crippen LogP contribution >= 0.6 is 11.6 Å². The Labute approximate surface area is 66.2 Å². The van der Waals surface area contributed by atoms with E-state index in [2.05, 4.69) is 6.92 Å². The van der Waals surface area contributed by atoms with Gasteiger partial charge in [0.25, 0.3) is 0 Å². The summed E-state index contributed by atoms with van der Waals surface area (Å²) in [6.45, 7) is 2.07. The summed E-state index contributed by atoms with van der Waals surface area (Å²) in [5.74, 6) is -0.905. The number of rotatable bonds is 5. The van der Waals surface area contributed by atoms with Gasteiger partial charge in [0.2, 0.25) is 0 Å². The van der Waals surface area contributed by atoms with Crippen LogP contribution in [0.1, 0.15) is 32.6 Å². The molecule has 0 unspecified atom stereocenters. The van der Waals surface area contributed by atoms with E-state index in [1.54, 1.807) is 0 Å². The van der Waals surface area contributed by atoms with Gasteiger partial charge >= 0.3 is 5.97 Å². The molecule has 60 valence electrons. The Morgan fingerprint density at radius 3 is 2.60 bits per heavy atom. The maximum absolute atomic E-state index is 10.2. The summed E-state index contributed by atoms with van der Waals surface area (Å²) >= 11 is 5.45. The molecule has 0 aromatic carbocycles. The summed E-state index contributed by atoms with van der Waals surface area (Å²) in [4.78, 5) is 10.2. The Bertz CT molecular complexity index is 104. The molecule has 0 radical (unpaired) electrons. The smallest absolute Gasteiger partial charge is 0.321 e. The molecule has 0 saturated heterocycles. The molecule has 0 aromatic rings. The van der Waals surface area contributed by atoms with Crippen molar-refractivity contribution in [2.75, 3.05) is 0 Å². The van der Waals surface area contributed by atoms with Crippen molar-refractivity contribution in [1.82, 2.24) is 0 Å². The van der Waals surface area contributed by atoms with Crippen LogP contribution in [-0.2, 0) is 4.79 Å². The third-order valence-electron chi connectivity index (χ3n) is 1.33. The van der Waals surface area contributed by atoms with Crippen LogP contribution < -0.4 is 0 Å². The maximum atomic E-state index is 10.2. The number of unbranched alkanes of at least 4 members (excludes halogenated alkanes) is 2. The van der Waals surface area contributed by atoms with Gasteiger partial charge in [0.05, 0.1) is 0 Å². The second-order valence-corrected chi connectivity index (χ2v) is 2.83. The lowest BCUT2D eigenvalue weighted by molar-refractivity contribution is -0.136. The monoisotopic (exact) mass is 164 g/mol. The van der Waals surface area contributed by atoms with Gasteiger partial charge in [0.1, 0.15) is 5.38 Å². The molecule has 0 bridgehead atoms. The number of carboxylic acids is 1. The average Bonchev–Trinajstić information content (AvgIpc) is 1.88. The summed E-state index contributed by atoms with van der Waals surface area (Å²) < 4.78 is 0. The molecule has 2 nitrogen and oxygen atoms in total. The molecule has 0 aliphatic rings. The SMILES string of the molecule is CCCCC[C@@H](Cl)C(=O)O. The first-order valence-corrected chi connectivity index (χ1v) is 3.99. The van der Waals surface area contributed by atoms with Crippen molar-refractivity contribution in [3.63, 3.8) is 0 Å². The summed E-state index contributed by atoms with van der Waals surface area (Å²) in [6.07, 6.45) is 3.67. The van der Waals surface area contributed by atoms with Crippen LogP contribution in [-0.4, -0.2) is 16.5 Å². The lowest BCUT2D eigenvalue weighted by atomic mass is 10.1. The summed E-state index contributed by atoms with van der Waals surface area (Å²) in [5.41, 5.74) is 0. The number of carbonyl (C=O) groups is 1. The fraction of sp³-hybridized carbons (Fsp3) is 0.857. The number of halogens is 1. The van der Waals surface area contributed by atoms with Crippen LogP contribution in [0.4, 0.5) is 0 Å². The molecule has 0 rings (SSSR count). The molecule has 0 spiro atoms. The predicted octanol–water partition coefficient (Wildman–Crippen LogP) is 2.26. The second-order valence-electron chi connectivity index (χ2n) is 2.30. The third-order valence-corrected chi connectivity index (χ3v) is 1.73. The van der Waals surface area contributed by atoms with E-state index >= 15 is 0 Å². The first kappa shape index (κ1) is 9.76. The van der Waals surface area contributed by atoms with Crippen molar-refractivity contribution in [3.05, 3.63) is 0 Å². The van der Waals surface area contributed by atoms with Gasteiger partial charge in [0, 0.05) is 0 Å². The highest BCUT2D eigenvalue weighted by Gasteiger charge is 2.11. The first-order valence-electron chi connectivity index (χ1n) is 3.55. The zero-order chi connectivity index (χ0) is 7.98. The van der Waals surface area contributed by atoms with Crippen LogP contribution in [0.5, 0.6) is 0 Å². The van der Waals surface area contributed by atoms with E-state index in [-0.39, 0.29) is 0 Å². The lowest BCUT2D eigenvalue weighted by Gasteiger charge is -2.01. The molecule has 1 N–H and O–H groups in total. The quantitative estimate of drug-likeness (QED) is 0.500. The molecular formula is C7H13ClO2. The highest BCUT2D eigenvalue weighted by Crippen LogP contribution is 2.08. The fourth-order valence-corrected chi connectivity index (χ4v) is 0.851. The van der Waals surface area contributed by atoms with Gasteiger partial charge in [-0.2, -0.15) is 0 Å². The minimum Gasteiger partial charge on any atom is -0.480 e. The van der Waals surface area contributed by atoms with E-state index in [1.165, 1.54) is 0 Å². The Morgan fingerprint density at radius 2 is 2.20 bits per heavy atom. The molecule has 0 aromatic heterocycles. The molecule has 0 aliphatic heterocycles. The molecular weight excluding hydrogens is 152 g/mol. The topological polar surface area (TPSA) is 37.3 Å². The molecule has 1 atom stereocenters. The predicted molar refractivity (Wildman–Crippen MR) is 41.4 cm³/mol. The van der Waals surface area contributed by atoms with E-state index in [0.29, 0.717) is 6.42 Å². The van der Waals surface area contributed by atoms with Crippen molar-refractivity contribution >= 4 is 17.6 Å². The summed E-state index contributed by atoms with van der Waals surface area (Å²) in [5, 5.41) is 7.66. The Kier molecular flexibility index (Phi) is 5.40. The number of alkyl halides is 1. The number of hydrogen-bond donors (Lipinski definition) is 1. The molecule has 0 heterocycles. The normalized spacial score (nSPS) is 13.0. The summed E-state index contributed by atoms with van der Waals surface area (Å²) in [7, 11) is 0. The van der Waals surface area contributed by atoms with Gasteiger partial charge in [0.15, 0.2) is 0 Å². The molecule has 0 amide bonds. The van der Waals surface area contributed by atoms with Crippen molar-refractivity contribution in [1.29, 1.82) is 0 Å². The van der Waals surface area contributed by atoms with Gasteiger partial charge in [-0.3, -0.25) is 4.79 Å². The van der Waals surface area contributed by atoms with Crippen molar-refractivity contribution in [2.45, 2.75) is 38.0 Å². The zero-order valence-electron chi connectivity index (χ0n) is 6.14. The van der Waals surface area contributed by atoms with Crippen LogP contribution in [0.15, 0.2) is 0 Å². The van der Waals surface area contributed by atoms with Gasteiger partial charge < -0.3 is 5.11 Å². The molecule has 10 heavy (non-hydrogen) atoms. The van der Waals surface area contributed by atoms with E-state index in [9.17, 15) is 4.79 Å². The fourth-order valence-electron chi connectivity index (χ4n) is 0.697. The highest BCUT2D eigenvalue weighted by atomic mass is 35.5. The molecule has 0 saturated carbocycles. The zero-order valence-corrected chi connectivity index (χ0v) is 6.90. The lowest BCUT2D eigenvalue weighted by Crippen LogP contribution is -2.12. The Balaban J connectivity index is 3.21. The Morgan fingerprint density at radius 1 is 1.60 bits per heavy atom. The average molecular weight is 165 g/mol. The van der Waals surface area contributed by atoms with Gasteiger partial charge in [-0.15, -0.1) is 11.6 Å². The van der Waals surface area contributed by atoms with E-state index in [0.717, 1.165) is 19.3 Å². The van der Waals surface area contributed by atoms with Crippen molar-refractivity contribution in [3.8, 4) is 0 Å². The third kappa shape index (κ3) is 4.62. The van der Waals surface area contributed by atoms with Crippen LogP contribution in [0, 0.1) is 0 Å². The first-order chi connectivity index (χ1) is 4.68. The number of aliphatic carboxylic acids is 1. The number of carboxylic acid groups (broad SMARTS) is 1. The van der Waals surface area contributed by atoms with Crippen molar-refractivity contribution < 1.29 is 9.90 Å².